The summed E-state index contributed by atoms with van der Waals surface area (Å²) in [5.41, 5.74) is 1.47. The first-order valence-corrected chi connectivity index (χ1v) is 8.75. The van der Waals surface area contributed by atoms with E-state index in [1.165, 1.54) is 27.5 Å². The van der Waals surface area contributed by atoms with E-state index < -0.39 is 0 Å². The van der Waals surface area contributed by atoms with E-state index in [0.29, 0.717) is 5.92 Å². The van der Waals surface area contributed by atoms with Gasteiger partial charge in [0.1, 0.15) is 0 Å². The van der Waals surface area contributed by atoms with Gasteiger partial charge in [-0.3, -0.25) is 0 Å². The Hall–Kier alpha value is -0.0300. The van der Waals surface area contributed by atoms with Crippen molar-refractivity contribution in [3.8, 4) is 0 Å². The van der Waals surface area contributed by atoms with Crippen LogP contribution < -0.4 is 0 Å². The molecular formula is C14H20O2S2. The maximum Gasteiger partial charge on any atom is 0.0884 e. The summed E-state index contributed by atoms with van der Waals surface area (Å²) in [5.74, 6) is 3.01. The van der Waals surface area contributed by atoms with Crippen LogP contribution in [-0.4, -0.2) is 24.1 Å². The van der Waals surface area contributed by atoms with Crippen LogP contribution in [0.5, 0.6) is 0 Å². The van der Waals surface area contributed by atoms with Crippen LogP contribution in [0.3, 0.4) is 0 Å². The van der Waals surface area contributed by atoms with Gasteiger partial charge in [-0.05, 0) is 49.0 Å². The second-order valence-corrected chi connectivity index (χ2v) is 7.48. The molecule has 1 aromatic heterocycles. The van der Waals surface area contributed by atoms with Crippen molar-refractivity contribution in [2.45, 2.75) is 37.5 Å². The molecule has 0 aliphatic carbocycles. The minimum absolute atomic E-state index is 0.256. The zero-order valence-electron chi connectivity index (χ0n) is 10.6. The molecule has 0 radical (unpaired) electrons. The number of rotatable bonds is 3. The van der Waals surface area contributed by atoms with Gasteiger partial charge in [0.05, 0.1) is 6.10 Å². The van der Waals surface area contributed by atoms with E-state index in [9.17, 15) is 5.11 Å². The summed E-state index contributed by atoms with van der Waals surface area (Å²) in [5, 5.41) is 10.4. The second-order valence-electron chi connectivity index (χ2n) is 5.21. The minimum atomic E-state index is -0.256. The predicted molar refractivity (Wildman–Crippen MR) is 77.3 cm³/mol. The van der Waals surface area contributed by atoms with Gasteiger partial charge >= 0.3 is 0 Å². The van der Waals surface area contributed by atoms with Crippen LogP contribution in [0, 0.1) is 5.92 Å². The lowest BCUT2D eigenvalue weighted by Crippen LogP contribution is -2.17. The fourth-order valence-electron chi connectivity index (χ4n) is 2.75. The molecule has 4 heteroatoms. The molecule has 1 N–H and O–H groups in total. The van der Waals surface area contributed by atoms with Gasteiger partial charge in [-0.15, -0.1) is 11.3 Å². The zero-order chi connectivity index (χ0) is 12.4. The van der Waals surface area contributed by atoms with Crippen molar-refractivity contribution in [3.05, 3.63) is 21.4 Å². The molecule has 0 spiro atoms. The normalized spacial score (nSPS) is 22.7. The van der Waals surface area contributed by atoms with Gasteiger partial charge in [-0.25, -0.2) is 0 Å². The maximum absolute atomic E-state index is 10.4. The monoisotopic (exact) mass is 284 g/mol. The first-order valence-electron chi connectivity index (χ1n) is 6.78. The number of thiophene rings is 1. The van der Waals surface area contributed by atoms with Crippen LogP contribution in [0.1, 0.15) is 40.7 Å². The number of thioether (sulfide) groups is 1. The average molecular weight is 284 g/mol. The minimum Gasteiger partial charge on any atom is -0.388 e. The standard InChI is InChI=1S/C14H20O2S2/c15-12(7-10-1-4-16-5-2-10)14-8-11-9-17-6-3-13(11)18-14/h8,10,12,15H,1-7,9H2. The maximum atomic E-state index is 10.4. The Kier molecular flexibility index (Phi) is 4.29. The molecule has 0 amide bonds. The quantitative estimate of drug-likeness (QED) is 0.922. The van der Waals surface area contributed by atoms with Gasteiger partial charge < -0.3 is 9.84 Å². The number of aryl methyl sites for hydroxylation is 1. The van der Waals surface area contributed by atoms with Crippen molar-refractivity contribution in [2.75, 3.05) is 19.0 Å². The van der Waals surface area contributed by atoms with Crippen molar-refractivity contribution in [2.24, 2.45) is 5.92 Å². The summed E-state index contributed by atoms with van der Waals surface area (Å²) in [6.07, 6.45) is 4.06. The number of aliphatic hydroxyl groups excluding tert-OH is 1. The Morgan fingerprint density at radius 2 is 2.22 bits per heavy atom. The summed E-state index contributed by atoms with van der Waals surface area (Å²) in [6, 6.07) is 2.25. The molecule has 1 fully saturated rings. The number of fused-ring (bicyclic) bond motifs is 1. The highest BCUT2D eigenvalue weighted by Crippen LogP contribution is 2.37. The molecular weight excluding hydrogens is 264 g/mol. The molecule has 0 bridgehead atoms. The van der Waals surface area contributed by atoms with Crippen LogP contribution in [0.15, 0.2) is 6.07 Å². The first-order chi connectivity index (χ1) is 8.83. The lowest BCUT2D eigenvalue weighted by Gasteiger charge is -2.23. The van der Waals surface area contributed by atoms with E-state index in [2.05, 4.69) is 6.07 Å². The highest BCUT2D eigenvalue weighted by molar-refractivity contribution is 7.98. The van der Waals surface area contributed by atoms with Gasteiger partial charge in [0.2, 0.25) is 0 Å². The summed E-state index contributed by atoms with van der Waals surface area (Å²) in [7, 11) is 0. The molecule has 1 unspecified atom stereocenters. The number of hydrogen-bond acceptors (Lipinski definition) is 4. The van der Waals surface area contributed by atoms with Gasteiger partial charge in [0, 0.05) is 28.7 Å². The third-order valence-corrected chi connectivity index (χ3v) is 6.22. The Labute approximate surface area is 117 Å². The number of aliphatic hydroxyl groups is 1. The van der Waals surface area contributed by atoms with E-state index >= 15 is 0 Å². The van der Waals surface area contributed by atoms with E-state index in [1.54, 1.807) is 0 Å². The fourth-order valence-corrected chi connectivity index (χ4v) is 5.12. The van der Waals surface area contributed by atoms with E-state index in [-0.39, 0.29) is 6.10 Å². The average Bonchev–Trinajstić information content (AvgIpc) is 2.84. The highest BCUT2D eigenvalue weighted by Gasteiger charge is 2.22. The van der Waals surface area contributed by atoms with Gasteiger partial charge in [0.15, 0.2) is 0 Å². The SMILES string of the molecule is OC(CC1CCOCC1)c1cc2c(s1)CCSC2. The summed E-state index contributed by atoms with van der Waals surface area (Å²) >= 11 is 3.84. The second kappa shape index (κ2) is 5.95. The third-order valence-electron chi connectivity index (χ3n) is 3.87. The van der Waals surface area contributed by atoms with Crippen LogP contribution in [0.4, 0.5) is 0 Å². The van der Waals surface area contributed by atoms with Crippen molar-refractivity contribution in [1.82, 2.24) is 0 Å². The number of hydrogen-bond donors (Lipinski definition) is 1. The molecule has 1 atom stereocenters. The molecule has 1 aromatic rings. The van der Waals surface area contributed by atoms with Gasteiger partial charge in [-0.1, -0.05) is 0 Å². The van der Waals surface area contributed by atoms with Crippen LogP contribution in [0.2, 0.25) is 0 Å². The lowest BCUT2D eigenvalue weighted by atomic mass is 9.93. The summed E-state index contributed by atoms with van der Waals surface area (Å²) in [4.78, 5) is 2.70. The fraction of sp³-hybridized carbons (Fsp3) is 0.714. The molecule has 2 aliphatic rings. The van der Waals surface area contributed by atoms with Crippen molar-refractivity contribution >= 4 is 23.1 Å². The zero-order valence-corrected chi connectivity index (χ0v) is 12.2. The van der Waals surface area contributed by atoms with Crippen LogP contribution in [0.25, 0.3) is 0 Å². The Morgan fingerprint density at radius 1 is 1.39 bits per heavy atom. The van der Waals surface area contributed by atoms with Crippen LogP contribution >= 0.6 is 23.1 Å². The van der Waals surface area contributed by atoms with Gasteiger partial charge in [0.25, 0.3) is 0 Å². The molecule has 0 saturated carbocycles. The molecule has 3 heterocycles. The van der Waals surface area contributed by atoms with E-state index in [0.717, 1.165) is 38.2 Å². The molecule has 1 saturated heterocycles. The lowest BCUT2D eigenvalue weighted by molar-refractivity contribution is 0.0442. The van der Waals surface area contributed by atoms with E-state index in [4.69, 9.17) is 4.74 Å². The molecule has 100 valence electrons. The molecule has 0 aromatic carbocycles. The smallest absolute Gasteiger partial charge is 0.0884 e. The summed E-state index contributed by atoms with van der Waals surface area (Å²) < 4.78 is 5.37. The van der Waals surface area contributed by atoms with Gasteiger partial charge in [-0.2, -0.15) is 11.8 Å². The van der Waals surface area contributed by atoms with E-state index in [1.807, 2.05) is 23.1 Å². The third kappa shape index (κ3) is 2.93. The molecule has 2 nitrogen and oxygen atoms in total. The predicted octanol–water partition coefficient (Wildman–Crippen LogP) is 3.39. The Balaban J connectivity index is 1.64. The number of ether oxygens (including phenoxy) is 1. The highest BCUT2D eigenvalue weighted by atomic mass is 32.2. The largest absolute Gasteiger partial charge is 0.388 e. The van der Waals surface area contributed by atoms with Crippen molar-refractivity contribution < 1.29 is 9.84 Å². The van der Waals surface area contributed by atoms with Crippen molar-refractivity contribution in [1.29, 1.82) is 0 Å². The van der Waals surface area contributed by atoms with Crippen molar-refractivity contribution in [3.63, 3.8) is 0 Å². The Bertz CT molecular complexity index is 373. The topological polar surface area (TPSA) is 29.5 Å². The first kappa shape index (κ1) is 13.0. The Morgan fingerprint density at radius 3 is 3.00 bits per heavy atom. The molecule has 2 aliphatic heterocycles. The van der Waals surface area contributed by atoms with Crippen LogP contribution in [-0.2, 0) is 16.9 Å². The summed E-state index contributed by atoms with van der Waals surface area (Å²) in [6.45, 7) is 1.74. The molecule has 3 rings (SSSR count). The molecule has 18 heavy (non-hydrogen) atoms.